The molecule has 3 atom stereocenters. The molecule has 5 nitrogen and oxygen atoms in total. The van der Waals surface area contributed by atoms with Gasteiger partial charge in [-0.3, -0.25) is 0 Å². The van der Waals surface area contributed by atoms with E-state index >= 15 is 0 Å². The summed E-state index contributed by atoms with van der Waals surface area (Å²) in [5.74, 6) is 0.727. The standard InChI is InChI=1S/C21H23F3N2O3/c22-21(23,24)28-18-4-2-1-3-16(18)19-17(20(29-26-19)12-5-6-12)11-27-15-9-13-7-8-14(10-15)25-13/h1-4,12-15,25H,5-11H2/t13-,14?,15?/m0/s1. The first-order valence-corrected chi connectivity index (χ1v) is 10.2. The second-order valence-electron chi connectivity index (χ2n) is 8.23. The second kappa shape index (κ2) is 7.32. The molecular formula is C21H23F3N2O3. The van der Waals surface area contributed by atoms with E-state index in [2.05, 4.69) is 15.2 Å². The summed E-state index contributed by atoms with van der Waals surface area (Å²) in [6.45, 7) is 0.287. The number of halogens is 3. The average Bonchev–Trinajstić information content (AvgIpc) is 3.35. The van der Waals surface area contributed by atoms with Crippen molar-refractivity contribution < 1.29 is 27.2 Å². The summed E-state index contributed by atoms with van der Waals surface area (Å²) >= 11 is 0. The minimum Gasteiger partial charge on any atom is -0.405 e. The number of alkyl halides is 3. The van der Waals surface area contributed by atoms with Crippen molar-refractivity contribution in [2.24, 2.45) is 0 Å². The van der Waals surface area contributed by atoms with Crippen molar-refractivity contribution in [3.05, 3.63) is 35.6 Å². The number of aromatic nitrogens is 1. The molecule has 5 rings (SSSR count). The van der Waals surface area contributed by atoms with Crippen molar-refractivity contribution >= 4 is 0 Å². The number of benzene rings is 1. The van der Waals surface area contributed by atoms with Gasteiger partial charge in [0.2, 0.25) is 0 Å². The van der Waals surface area contributed by atoms with Crippen LogP contribution in [0.25, 0.3) is 11.3 Å². The Hall–Kier alpha value is -2.06. The minimum absolute atomic E-state index is 0.144. The zero-order valence-electron chi connectivity index (χ0n) is 15.9. The van der Waals surface area contributed by atoms with Crippen LogP contribution in [0.15, 0.2) is 28.8 Å². The Kier molecular flexibility index (Phi) is 4.78. The maximum absolute atomic E-state index is 12.9. The lowest BCUT2D eigenvalue weighted by Gasteiger charge is -2.29. The van der Waals surface area contributed by atoms with Gasteiger partial charge in [-0.25, -0.2) is 0 Å². The van der Waals surface area contributed by atoms with Crippen LogP contribution in [0.1, 0.15) is 55.8 Å². The van der Waals surface area contributed by atoms with Crippen LogP contribution < -0.4 is 10.1 Å². The first kappa shape index (κ1) is 18.9. The average molecular weight is 408 g/mol. The fourth-order valence-electron chi connectivity index (χ4n) is 4.56. The number of nitrogens with zero attached hydrogens (tertiary/aromatic N) is 1. The predicted molar refractivity (Wildman–Crippen MR) is 98.4 cm³/mol. The first-order valence-electron chi connectivity index (χ1n) is 10.2. The van der Waals surface area contributed by atoms with Gasteiger partial charge in [-0.15, -0.1) is 13.2 Å². The van der Waals surface area contributed by atoms with Crippen LogP contribution in [0.4, 0.5) is 13.2 Å². The van der Waals surface area contributed by atoms with Gasteiger partial charge in [0.25, 0.3) is 0 Å². The first-order chi connectivity index (χ1) is 14.0. The van der Waals surface area contributed by atoms with Gasteiger partial charge < -0.3 is 19.3 Å². The molecule has 0 radical (unpaired) electrons. The molecule has 2 saturated heterocycles. The molecule has 1 N–H and O–H groups in total. The van der Waals surface area contributed by atoms with Gasteiger partial charge in [0.05, 0.1) is 12.7 Å². The van der Waals surface area contributed by atoms with Gasteiger partial charge in [0.15, 0.2) is 0 Å². The van der Waals surface area contributed by atoms with E-state index in [4.69, 9.17) is 9.26 Å². The molecular weight excluding hydrogens is 385 g/mol. The van der Waals surface area contributed by atoms with Crippen molar-refractivity contribution in [2.45, 2.75) is 75.6 Å². The van der Waals surface area contributed by atoms with E-state index < -0.39 is 6.36 Å². The Morgan fingerprint density at radius 3 is 2.48 bits per heavy atom. The van der Waals surface area contributed by atoms with Crippen molar-refractivity contribution in [3.63, 3.8) is 0 Å². The van der Waals surface area contributed by atoms with Crippen LogP contribution in [0.3, 0.4) is 0 Å². The molecule has 3 heterocycles. The highest BCUT2D eigenvalue weighted by atomic mass is 19.4. The molecule has 2 bridgehead atoms. The van der Waals surface area contributed by atoms with Crippen molar-refractivity contribution in [2.75, 3.05) is 0 Å². The van der Waals surface area contributed by atoms with E-state index in [1.54, 1.807) is 12.1 Å². The Morgan fingerprint density at radius 1 is 1.07 bits per heavy atom. The quantitative estimate of drug-likeness (QED) is 0.736. The van der Waals surface area contributed by atoms with Crippen LogP contribution >= 0.6 is 0 Å². The van der Waals surface area contributed by atoms with Crippen LogP contribution in [0.5, 0.6) is 5.75 Å². The molecule has 29 heavy (non-hydrogen) atoms. The van der Waals surface area contributed by atoms with E-state index in [9.17, 15) is 13.2 Å². The monoisotopic (exact) mass is 408 g/mol. The third kappa shape index (κ3) is 4.14. The number of para-hydroxylation sites is 1. The van der Waals surface area contributed by atoms with E-state index in [1.807, 2.05) is 0 Å². The van der Waals surface area contributed by atoms with Crippen LogP contribution in [0, 0.1) is 0 Å². The second-order valence-corrected chi connectivity index (χ2v) is 8.23. The lowest BCUT2D eigenvalue weighted by atomic mass is 10.0. The maximum Gasteiger partial charge on any atom is 0.573 e. The largest absolute Gasteiger partial charge is 0.573 e. The summed E-state index contributed by atoms with van der Waals surface area (Å²) in [7, 11) is 0. The molecule has 2 unspecified atom stereocenters. The van der Waals surface area contributed by atoms with E-state index in [1.165, 1.54) is 25.0 Å². The molecule has 2 aliphatic heterocycles. The Bertz CT molecular complexity index is 866. The minimum atomic E-state index is -4.77. The molecule has 0 amide bonds. The van der Waals surface area contributed by atoms with Crippen molar-refractivity contribution in [1.82, 2.24) is 10.5 Å². The molecule has 156 valence electrons. The number of rotatable bonds is 6. The highest BCUT2D eigenvalue weighted by Gasteiger charge is 2.37. The van der Waals surface area contributed by atoms with Gasteiger partial charge in [-0.05, 0) is 50.7 Å². The smallest absolute Gasteiger partial charge is 0.405 e. The number of piperidine rings is 1. The molecule has 3 fully saturated rings. The van der Waals surface area contributed by atoms with Crippen LogP contribution in [-0.4, -0.2) is 29.7 Å². The molecule has 2 aromatic rings. The predicted octanol–water partition coefficient (Wildman–Crippen LogP) is 4.92. The highest BCUT2D eigenvalue weighted by molar-refractivity contribution is 5.70. The third-order valence-corrected chi connectivity index (χ3v) is 6.03. The zero-order chi connectivity index (χ0) is 20.0. The number of nitrogens with one attached hydrogen (secondary N) is 1. The highest BCUT2D eigenvalue weighted by Crippen LogP contribution is 2.46. The van der Waals surface area contributed by atoms with Gasteiger partial charge in [-0.1, -0.05) is 17.3 Å². The lowest BCUT2D eigenvalue weighted by molar-refractivity contribution is -0.274. The SMILES string of the molecule is FC(F)(F)Oc1ccccc1-c1noc(C2CC2)c1COC1CC2CC[C@@H](C1)N2. The summed E-state index contributed by atoms with van der Waals surface area (Å²) in [6, 6.07) is 7.05. The summed E-state index contributed by atoms with van der Waals surface area (Å²) in [5, 5.41) is 7.72. The third-order valence-electron chi connectivity index (χ3n) is 6.03. The normalized spacial score (nSPS) is 26.7. The molecule has 1 aliphatic carbocycles. The van der Waals surface area contributed by atoms with Crippen molar-refractivity contribution in [1.29, 1.82) is 0 Å². The summed E-state index contributed by atoms with van der Waals surface area (Å²) < 4.78 is 54.6. The molecule has 1 aromatic heterocycles. The maximum atomic E-state index is 12.9. The van der Waals surface area contributed by atoms with Crippen LogP contribution in [-0.2, 0) is 11.3 Å². The Morgan fingerprint density at radius 2 is 1.79 bits per heavy atom. The fraction of sp³-hybridized carbons (Fsp3) is 0.571. The van der Waals surface area contributed by atoms with E-state index in [0.717, 1.165) is 37.0 Å². The van der Waals surface area contributed by atoms with Gasteiger partial charge in [-0.2, -0.15) is 0 Å². The topological polar surface area (TPSA) is 56.5 Å². The molecule has 1 saturated carbocycles. The molecule has 3 aliphatic rings. The lowest BCUT2D eigenvalue weighted by Crippen LogP contribution is -2.41. The summed E-state index contributed by atoms with van der Waals surface area (Å²) in [5.41, 5.74) is 1.39. The molecule has 0 spiro atoms. The van der Waals surface area contributed by atoms with E-state index in [-0.39, 0.29) is 29.9 Å². The summed E-state index contributed by atoms with van der Waals surface area (Å²) in [4.78, 5) is 0. The number of hydrogen-bond donors (Lipinski definition) is 1. The van der Waals surface area contributed by atoms with Crippen LogP contribution in [0.2, 0.25) is 0 Å². The molecule has 8 heteroatoms. The number of fused-ring (bicyclic) bond motifs is 2. The molecule has 1 aromatic carbocycles. The Balaban J connectivity index is 1.41. The summed E-state index contributed by atoms with van der Waals surface area (Å²) in [6.07, 6.45) is 1.65. The Labute approximate surface area is 166 Å². The number of hydrogen-bond acceptors (Lipinski definition) is 5. The van der Waals surface area contributed by atoms with Gasteiger partial charge in [0, 0.05) is 29.1 Å². The van der Waals surface area contributed by atoms with E-state index in [0.29, 0.717) is 17.8 Å². The zero-order valence-corrected chi connectivity index (χ0v) is 15.9. The van der Waals surface area contributed by atoms with Crippen molar-refractivity contribution in [3.8, 4) is 17.0 Å². The van der Waals surface area contributed by atoms with Gasteiger partial charge in [0.1, 0.15) is 17.2 Å². The number of ether oxygens (including phenoxy) is 2. The fourth-order valence-corrected chi connectivity index (χ4v) is 4.56. The van der Waals surface area contributed by atoms with Gasteiger partial charge >= 0.3 is 6.36 Å².